The molecule has 0 bridgehead atoms. The summed E-state index contributed by atoms with van der Waals surface area (Å²) in [5.41, 5.74) is 5.05. The number of hydrogen-bond acceptors (Lipinski definition) is 5. The Morgan fingerprint density at radius 1 is 1.14 bits per heavy atom. The molecule has 0 aliphatic carbocycles. The zero-order valence-corrected chi connectivity index (χ0v) is 17.1. The maximum absolute atomic E-state index is 10.7. The van der Waals surface area contributed by atoms with E-state index in [9.17, 15) is 4.79 Å². The molecule has 1 aliphatic heterocycles. The van der Waals surface area contributed by atoms with E-state index in [1.165, 1.54) is 24.7 Å². The van der Waals surface area contributed by atoms with Gasteiger partial charge >= 0.3 is 0 Å². The standard InChI is InChI=1S/C23H30N4O/c1-4-26(3)23-10-7-20(17-22(23)24-13-16-28)25-19-5-8-21(9-6-19)27-14-11-18(2)12-15-27/h5-10,13,16-18,25H,4,11-12,14-15H2,1-3H3/b24-13-. The summed E-state index contributed by atoms with van der Waals surface area (Å²) in [6.45, 7) is 7.56. The van der Waals surface area contributed by atoms with Crippen LogP contribution < -0.4 is 15.1 Å². The van der Waals surface area contributed by atoms with Crippen LogP contribution in [-0.2, 0) is 4.79 Å². The first-order chi connectivity index (χ1) is 13.6. The van der Waals surface area contributed by atoms with Crippen molar-refractivity contribution in [2.45, 2.75) is 26.7 Å². The van der Waals surface area contributed by atoms with Crippen LogP contribution in [0.15, 0.2) is 47.5 Å². The third-order valence-corrected chi connectivity index (χ3v) is 5.44. The van der Waals surface area contributed by atoms with Crippen molar-refractivity contribution in [2.24, 2.45) is 10.9 Å². The molecule has 0 unspecified atom stereocenters. The van der Waals surface area contributed by atoms with Crippen molar-refractivity contribution >= 4 is 40.9 Å². The van der Waals surface area contributed by atoms with Gasteiger partial charge in [-0.25, -0.2) is 0 Å². The van der Waals surface area contributed by atoms with Crippen LogP contribution in [0.1, 0.15) is 26.7 Å². The summed E-state index contributed by atoms with van der Waals surface area (Å²) in [6.07, 6.45) is 4.53. The number of carbonyl (C=O) groups is 1. The molecule has 0 spiro atoms. The fourth-order valence-electron chi connectivity index (χ4n) is 3.50. The molecule has 0 saturated carbocycles. The molecule has 5 nitrogen and oxygen atoms in total. The van der Waals surface area contributed by atoms with Gasteiger partial charge in [0.15, 0.2) is 6.29 Å². The first kappa shape index (κ1) is 19.9. The van der Waals surface area contributed by atoms with Crippen LogP contribution in [0.25, 0.3) is 0 Å². The lowest BCUT2D eigenvalue weighted by Crippen LogP contribution is -2.32. The van der Waals surface area contributed by atoms with E-state index in [1.54, 1.807) is 0 Å². The van der Waals surface area contributed by atoms with Gasteiger partial charge in [0.1, 0.15) is 0 Å². The first-order valence-corrected chi connectivity index (χ1v) is 10.1. The van der Waals surface area contributed by atoms with Crippen LogP contribution in [0.2, 0.25) is 0 Å². The molecule has 1 fully saturated rings. The number of hydrogen-bond donors (Lipinski definition) is 1. The highest BCUT2D eigenvalue weighted by atomic mass is 16.1. The summed E-state index contributed by atoms with van der Waals surface area (Å²) in [4.78, 5) is 19.6. The van der Waals surface area contributed by atoms with Crippen molar-refractivity contribution in [3.05, 3.63) is 42.5 Å². The summed E-state index contributed by atoms with van der Waals surface area (Å²) >= 11 is 0. The number of aldehydes is 1. The number of carbonyl (C=O) groups excluding carboxylic acids is 1. The Morgan fingerprint density at radius 2 is 1.82 bits per heavy atom. The fourth-order valence-corrected chi connectivity index (χ4v) is 3.50. The highest BCUT2D eigenvalue weighted by Crippen LogP contribution is 2.32. The molecule has 1 saturated heterocycles. The minimum absolute atomic E-state index is 0.704. The predicted molar refractivity (Wildman–Crippen MR) is 120 cm³/mol. The molecule has 0 amide bonds. The van der Waals surface area contributed by atoms with Crippen molar-refractivity contribution < 1.29 is 4.79 Å². The first-order valence-electron chi connectivity index (χ1n) is 10.1. The fraction of sp³-hybridized carbons (Fsp3) is 0.391. The molecule has 1 N–H and O–H groups in total. The number of nitrogens with one attached hydrogen (secondary N) is 1. The largest absolute Gasteiger partial charge is 0.373 e. The second-order valence-electron chi connectivity index (χ2n) is 7.47. The number of nitrogens with zero attached hydrogens (tertiary/aromatic N) is 3. The van der Waals surface area contributed by atoms with Crippen LogP contribution in [0.4, 0.5) is 28.4 Å². The predicted octanol–water partition coefficient (Wildman–Crippen LogP) is 5.02. The number of aliphatic imine (C=N–C) groups is 1. The number of benzene rings is 2. The van der Waals surface area contributed by atoms with Crippen LogP contribution in [0, 0.1) is 5.92 Å². The topological polar surface area (TPSA) is 47.9 Å². The molecule has 0 aromatic heterocycles. The van der Waals surface area contributed by atoms with Crippen LogP contribution in [-0.4, -0.2) is 39.2 Å². The molecule has 3 rings (SSSR count). The monoisotopic (exact) mass is 378 g/mol. The average molecular weight is 379 g/mol. The van der Waals surface area contributed by atoms with Crippen molar-refractivity contribution in [3.63, 3.8) is 0 Å². The molecule has 148 valence electrons. The minimum atomic E-state index is 0.704. The van der Waals surface area contributed by atoms with E-state index in [1.807, 2.05) is 25.2 Å². The number of rotatable bonds is 7. The summed E-state index contributed by atoms with van der Waals surface area (Å²) < 4.78 is 0. The van der Waals surface area contributed by atoms with Crippen LogP contribution >= 0.6 is 0 Å². The van der Waals surface area contributed by atoms with Crippen molar-refractivity contribution in [3.8, 4) is 0 Å². The highest BCUT2D eigenvalue weighted by molar-refractivity contribution is 6.14. The average Bonchev–Trinajstić information content (AvgIpc) is 2.73. The second-order valence-corrected chi connectivity index (χ2v) is 7.47. The number of piperidine rings is 1. The Kier molecular flexibility index (Phi) is 6.69. The van der Waals surface area contributed by atoms with Gasteiger partial charge < -0.3 is 15.1 Å². The van der Waals surface area contributed by atoms with Gasteiger partial charge in [0.2, 0.25) is 0 Å². The van der Waals surface area contributed by atoms with Gasteiger partial charge in [-0.2, -0.15) is 0 Å². The van der Waals surface area contributed by atoms with E-state index in [4.69, 9.17) is 0 Å². The van der Waals surface area contributed by atoms with Gasteiger partial charge in [0.25, 0.3) is 0 Å². The molecule has 2 aromatic rings. The van der Waals surface area contributed by atoms with Gasteiger partial charge in [0, 0.05) is 43.7 Å². The quantitative estimate of drug-likeness (QED) is 0.543. The van der Waals surface area contributed by atoms with Gasteiger partial charge in [-0.05, 0) is 68.1 Å². The van der Waals surface area contributed by atoms with E-state index in [0.717, 1.165) is 48.3 Å². The number of anilines is 4. The maximum Gasteiger partial charge on any atom is 0.161 e. The summed E-state index contributed by atoms with van der Waals surface area (Å²) in [7, 11) is 2.02. The smallest absolute Gasteiger partial charge is 0.161 e. The van der Waals surface area contributed by atoms with Crippen LogP contribution in [0.3, 0.4) is 0 Å². The summed E-state index contributed by atoms with van der Waals surface area (Å²) in [5.74, 6) is 0.836. The normalized spacial score (nSPS) is 15.0. The molecule has 5 heteroatoms. The lowest BCUT2D eigenvalue weighted by atomic mass is 9.99. The zero-order chi connectivity index (χ0) is 19.9. The molecule has 0 atom stereocenters. The van der Waals surface area contributed by atoms with Crippen molar-refractivity contribution in [1.82, 2.24) is 0 Å². The van der Waals surface area contributed by atoms with Gasteiger partial charge in [-0.15, -0.1) is 0 Å². The zero-order valence-electron chi connectivity index (χ0n) is 17.1. The van der Waals surface area contributed by atoms with E-state index in [0.29, 0.717) is 6.29 Å². The third kappa shape index (κ3) is 4.91. The van der Waals surface area contributed by atoms with Crippen molar-refractivity contribution in [1.29, 1.82) is 0 Å². The molecular weight excluding hydrogens is 348 g/mol. The third-order valence-electron chi connectivity index (χ3n) is 5.44. The molecule has 2 aromatic carbocycles. The van der Waals surface area contributed by atoms with Gasteiger partial charge in [-0.3, -0.25) is 9.79 Å². The van der Waals surface area contributed by atoms with E-state index in [2.05, 4.69) is 58.2 Å². The Hall–Kier alpha value is -2.82. The van der Waals surface area contributed by atoms with E-state index < -0.39 is 0 Å². The summed E-state index contributed by atoms with van der Waals surface area (Å²) in [6, 6.07) is 14.7. The lowest BCUT2D eigenvalue weighted by Gasteiger charge is -2.32. The van der Waals surface area contributed by atoms with Crippen molar-refractivity contribution in [2.75, 3.05) is 41.8 Å². The second kappa shape index (κ2) is 9.40. The molecule has 28 heavy (non-hydrogen) atoms. The summed E-state index contributed by atoms with van der Waals surface area (Å²) in [5, 5.41) is 3.44. The highest BCUT2D eigenvalue weighted by Gasteiger charge is 2.15. The maximum atomic E-state index is 10.7. The minimum Gasteiger partial charge on any atom is -0.373 e. The molecule has 0 radical (unpaired) electrons. The Balaban J connectivity index is 1.74. The Morgan fingerprint density at radius 3 is 2.46 bits per heavy atom. The lowest BCUT2D eigenvalue weighted by molar-refractivity contribution is -0.102. The van der Waals surface area contributed by atoms with E-state index >= 15 is 0 Å². The molecular formula is C23H30N4O. The van der Waals surface area contributed by atoms with Gasteiger partial charge in [-0.1, -0.05) is 6.92 Å². The van der Waals surface area contributed by atoms with E-state index in [-0.39, 0.29) is 0 Å². The van der Waals surface area contributed by atoms with Crippen LogP contribution in [0.5, 0.6) is 0 Å². The Bertz CT molecular complexity index is 808. The molecule has 1 heterocycles. The molecule has 1 aliphatic rings. The Labute approximate surface area is 168 Å². The SMILES string of the molecule is CCN(C)c1ccc(Nc2ccc(N3CCC(C)CC3)cc2)cc1/N=C\C=O. The van der Waals surface area contributed by atoms with Gasteiger partial charge in [0.05, 0.1) is 17.6 Å².